The number of methoxy groups -OCH3 is 1. The minimum absolute atomic E-state index is 0.0638. The summed E-state index contributed by atoms with van der Waals surface area (Å²) in [5.74, 6) is -1.01. The summed E-state index contributed by atoms with van der Waals surface area (Å²) in [5, 5.41) is 12.6. The van der Waals surface area contributed by atoms with Crippen LogP contribution in [0.3, 0.4) is 0 Å². The summed E-state index contributed by atoms with van der Waals surface area (Å²) in [4.78, 5) is 27.0. The maximum absolute atomic E-state index is 13.3. The highest BCUT2D eigenvalue weighted by atomic mass is 16.5. The normalized spacial score (nSPS) is 14.3. The molecule has 0 radical (unpaired) electrons. The molecule has 7 heteroatoms. The van der Waals surface area contributed by atoms with Crippen molar-refractivity contribution in [2.75, 3.05) is 38.3 Å². The highest BCUT2D eigenvalue weighted by Crippen LogP contribution is 2.34. The largest absolute Gasteiger partial charge is 0.496 e. The number of hydrogen-bond donors (Lipinski definition) is 2. The second-order valence-electron chi connectivity index (χ2n) is 8.53. The molecule has 3 aromatic rings. The third-order valence-corrected chi connectivity index (χ3v) is 6.24. The molecular weight excluding hydrogens is 444 g/mol. The number of aryl methyl sites for hydroxylation is 1. The molecule has 0 bridgehead atoms. The Balaban J connectivity index is 1.66. The molecule has 1 aliphatic rings. The van der Waals surface area contributed by atoms with Gasteiger partial charge < -0.3 is 24.8 Å². The average Bonchev–Trinajstić information content (AvgIpc) is 2.88. The van der Waals surface area contributed by atoms with E-state index in [4.69, 9.17) is 9.47 Å². The molecule has 7 nitrogen and oxygen atoms in total. The lowest BCUT2D eigenvalue weighted by Crippen LogP contribution is -2.38. The maximum Gasteiger partial charge on any atom is 0.339 e. The van der Waals surface area contributed by atoms with Crippen LogP contribution in [0.5, 0.6) is 5.75 Å². The monoisotopic (exact) mass is 474 g/mol. The first-order chi connectivity index (χ1) is 17.0. The number of rotatable bonds is 8. The number of carbonyl (C=O) groups is 2. The lowest BCUT2D eigenvalue weighted by Gasteiger charge is -2.34. The molecule has 1 amide bonds. The number of hydrogen-bond acceptors (Lipinski definition) is 5. The molecule has 1 aliphatic heterocycles. The molecule has 1 saturated heterocycles. The molecule has 4 rings (SSSR count). The fourth-order valence-corrected chi connectivity index (χ4v) is 4.51. The van der Waals surface area contributed by atoms with Crippen molar-refractivity contribution >= 4 is 17.6 Å². The third kappa shape index (κ3) is 5.63. The van der Waals surface area contributed by atoms with Crippen LogP contribution in [-0.2, 0) is 16.0 Å². The lowest BCUT2D eigenvalue weighted by molar-refractivity contribution is -0.120. The second kappa shape index (κ2) is 11.1. The van der Waals surface area contributed by atoms with Crippen molar-refractivity contribution < 1.29 is 24.2 Å². The summed E-state index contributed by atoms with van der Waals surface area (Å²) >= 11 is 0. The van der Waals surface area contributed by atoms with E-state index in [1.807, 2.05) is 36.4 Å². The first-order valence-electron chi connectivity index (χ1n) is 11.6. The zero-order chi connectivity index (χ0) is 24.8. The number of aromatic carboxylic acids is 1. The van der Waals surface area contributed by atoms with Crippen molar-refractivity contribution in [3.63, 3.8) is 0 Å². The van der Waals surface area contributed by atoms with Crippen molar-refractivity contribution in [3.8, 4) is 5.75 Å². The van der Waals surface area contributed by atoms with Gasteiger partial charge in [0.2, 0.25) is 5.91 Å². The summed E-state index contributed by atoms with van der Waals surface area (Å²) in [6, 6.07) is 20.5. The second-order valence-corrected chi connectivity index (χ2v) is 8.53. The lowest BCUT2D eigenvalue weighted by atomic mass is 9.92. The zero-order valence-corrected chi connectivity index (χ0v) is 20.0. The predicted octanol–water partition coefficient (Wildman–Crippen LogP) is 3.99. The molecular formula is C28H30N2O5. The van der Waals surface area contributed by atoms with Crippen molar-refractivity contribution in [2.45, 2.75) is 19.4 Å². The quantitative estimate of drug-likeness (QED) is 0.513. The number of carbonyl (C=O) groups excluding carboxylic acids is 1. The van der Waals surface area contributed by atoms with Gasteiger partial charge in [0.25, 0.3) is 0 Å². The Morgan fingerprint density at radius 2 is 1.80 bits per heavy atom. The maximum atomic E-state index is 13.3. The topological polar surface area (TPSA) is 88.1 Å². The number of ether oxygens (including phenoxy) is 2. The number of anilines is 1. The van der Waals surface area contributed by atoms with Crippen molar-refractivity contribution in [1.29, 1.82) is 0 Å². The van der Waals surface area contributed by atoms with E-state index in [9.17, 15) is 14.7 Å². The first kappa shape index (κ1) is 24.3. The molecule has 0 aromatic heterocycles. The Bertz CT molecular complexity index is 1190. The van der Waals surface area contributed by atoms with Gasteiger partial charge in [-0.2, -0.15) is 0 Å². The van der Waals surface area contributed by atoms with E-state index in [-0.39, 0.29) is 29.7 Å². The third-order valence-electron chi connectivity index (χ3n) is 6.24. The number of morpholine rings is 1. The van der Waals surface area contributed by atoms with Gasteiger partial charge in [0, 0.05) is 24.3 Å². The first-order valence-corrected chi connectivity index (χ1v) is 11.6. The number of carboxylic acid groups (broad SMARTS) is 1. The predicted molar refractivity (Wildman–Crippen MR) is 134 cm³/mol. The molecule has 3 aromatic carbocycles. The summed E-state index contributed by atoms with van der Waals surface area (Å²) in [7, 11) is 1.42. The van der Waals surface area contributed by atoms with Crippen LogP contribution in [0, 0.1) is 6.92 Å². The summed E-state index contributed by atoms with van der Waals surface area (Å²) < 4.78 is 10.8. The number of benzene rings is 3. The van der Waals surface area contributed by atoms with Crippen LogP contribution < -0.4 is 15.0 Å². The van der Waals surface area contributed by atoms with E-state index in [1.165, 1.54) is 13.2 Å². The van der Waals surface area contributed by atoms with Gasteiger partial charge in [-0.25, -0.2) is 4.79 Å². The van der Waals surface area contributed by atoms with Crippen LogP contribution >= 0.6 is 0 Å². The van der Waals surface area contributed by atoms with E-state index in [1.54, 1.807) is 12.1 Å². The molecule has 182 valence electrons. The Morgan fingerprint density at radius 1 is 1.06 bits per heavy atom. The van der Waals surface area contributed by atoms with E-state index < -0.39 is 5.97 Å². The van der Waals surface area contributed by atoms with Crippen molar-refractivity contribution in [3.05, 3.63) is 94.5 Å². The zero-order valence-electron chi connectivity index (χ0n) is 20.0. The highest BCUT2D eigenvalue weighted by molar-refractivity contribution is 5.91. The van der Waals surface area contributed by atoms with Gasteiger partial charge in [-0.05, 0) is 41.8 Å². The number of amides is 1. The van der Waals surface area contributed by atoms with E-state index >= 15 is 0 Å². The number of nitrogens with zero attached hydrogens (tertiary/aromatic N) is 1. The van der Waals surface area contributed by atoms with Crippen molar-refractivity contribution in [2.24, 2.45) is 0 Å². The van der Waals surface area contributed by atoms with Gasteiger partial charge in [0.1, 0.15) is 11.3 Å². The van der Waals surface area contributed by atoms with E-state index in [0.717, 1.165) is 35.5 Å². The number of nitrogens with one attached hydrogen (secondary N) is 1. The van der Waals surface area contributed by atoms with Gasteiger partial charge in [0.05, 0.1) is 32.8 Å². The molecule has 1 atom stereocenters. The van der Waals surface area contributed by atoms with Gasteiger partial charge >= 0.3 is 5.97 Å². The Morgan fingerprint density at radius 3 is 2.49 bits per heavy atom. The van der Waals surface area contributed by atoms with Crippen LogP contribution in [0.15, 0.2) is 66.7 Å². The van der Waals surface area contributed by atoms with Gasteiger partial charge in [0.15, 0.2) is 0 Å². The van der Waals surface area contributed by atoms with E-state index in [2.05, 4.69) is 29.3 Å². The SMILES string of the molecule is COc1cc(CC(=O)N[C@@H](c2ccccc2)c2c(C)cccc2N2CCOCC2)ccc1C(=O)O. The van der Waals surface area contributed by atoms with Gasteiger partial charge in [-0.1, -0.05) is 48.5 Å². The smallest absolute Gasteiger partial charge is 0.339 e. The molecule has 1 fully saturated rings. The van der Waals surface area contributed by atoms with Crippen LogP contribution in [0.2, 0.25) is 0 Å². The summed E-state index contributed by atoms with van der Waals surface area (Å²) in [5.41, 5.74) is 4.98. The Hall–Kier alpha value is -3.84. The summed E-state index contributed by atoms with van der Waals surface area (Å²) in [6.07, 6.45) is 0.0956. The highest BCUT2D eigenvalue weighted by Gasteiger charge is 2.25. The van der Waals surface area contributed by atoms with Crippen molar-refractivity contribution in [1.82, 2.24) is 5.32 Å². The molecule has 2 N–H and O–H groups in total. The van der Waals surface area contributed by atoms with Gasteiger partial charge in [-0.15, -0.1) is 0 Å². The minimum Gasteiger partial charge on any atom is -0.496 e. The Labute approximate surface area is 205 Å². The van der Waals surface area contributed by atoms with Crippen LogP contribution in [0.4, 0.5) is 5.69 Å². The van der Waals surface area contributed by atoms with Crippen LogP contribution in [-0.4, -0.2) is 50.4 Å². The number of carboxylic acids is 1. The molecule has 0 unspecified atom stereocenters. The van der Waals surface area contributed by atoms with Crippen LogP contribution in [0.25, 0.3) is 0 Å². The molecule has 0 aliphatic carbocycles. The average molecular weight is 475 g/mol. The Kier molecular flexibility index (Phi) is 7.67. The molecule has 35 heavy (non-hydrogen) atoms. The fraction of sp³-hybridized carbons (Fsp3) is 0.286. The molecule has 1 heterocycles. The molecule has 0 saturated carbocycles. The molecule has 0 spiro atoms. The standard InChI is InChI=1S/C28H30N2O5/c1-19-7-6-10-23(30-13-15-35-16-14-30)26(19)27(21-8-4-3-5-9-21)29-25(31)18-20-11-12-22(28(32)33)24(17-20)34-2/h3-12,17,27H,13-16,18H2,1-2H3,(H,29,31)(H,32,33)/t27-/m0/s1. The minimum atomic E-state index is -1.07. The van der Waals surface area contributed by atoms with Gasteiger partial charge in [-0.3, -0.25) is 4.79 Å². The summed E-state index contributed by atoms with van der Waals surface area (Å²) in [6.45, 7) is 4.99. The van der Waals surface area contributed by atoms with Crippen LogP contribution in [0.1, 0.15) is 38.7 Å². The fourth-order valence-electron chi connectivity index (χ4n) is 4.51. The van der Waals surface area contributed by atoms with E-state index in [0.29, 0.717) is 18.8 Å².